The van der Waals surface area contributed by atoms with Crippen molar-refractivity contribution in [3.05, 3.63) is 41.2 Å². The first kappa shape index (κ1) is 20.8. The summed E-state index contributed by atoms with van der Waals surface area (Å²) in [7, 11) is 3.06. The lowest BCUT2D eigenvalue weighted by atomic mass is 10.2. The van der Waals surface area contributed by atoms with E-state index in [2.05, 4.69) is 15.7 Å². The largest absolute Gasteiger partial charge is 0.493 e. The van der Waals surface area contributed by atoms with Crippen LogP contribution in [-0.2, 0) is 19.3 Å². The fourth-order valence-corrected chi connectivity index (χ4v) is 2.97. The predicted molar refractivity (Wildman–Crippen MR) is 99.0 cm³/mol. The molecular weight excluding hydrogens is 389 g/mol. The number of halogens is 3. The molecular formula is C19H23F3N4O3. The van der Waals surface area contributed by atoms with E-state index < -0.39 is 17.9 Å². The van der Waals surface area contributed by atoms with Gasteiger partial charge in [0.1, 0.15) is 0 Å². The molecule has 29 heavy (non-hydrogen) atoms. The van der Waals surface area contributed by atoms with E-state index in [0.717, 1.165) is 24.5 Å². The zero-order valence-electron chi connectivity index (χ0n) is 16.2. The number of rotatable bonds is 8. The molecule has 1 aliphatic carbocycles. The van der Waals surface area contributed by atoms with Crippen molar-refractivity contribution in [1.82, 2.24) is 20.4 Å². The molecule has 3 rings (SSSR count). The Labute approximate surface area is 166 Å². The average Bonchev–Trinajstić information content (AvgIpc) is 3.44. The Morgan fingerprint density at radius 2 is 1.90 bits per heavy atom. The molecule has 158 valence electrons. The van der Waals surface area contributed by atoms with Gasteiger partial charge >= 0.3 is 12.2 Å². The number of ether oxygens (including phenoxy) is 2. The quantitative estimate of drug-likeness (QED) is 0.698. The summed E-state index contributed by atoms with van der Waals surface area (Å²) in [5.41, 5.74) is 0.498. The molecule has 1 aliphatic rings. The zero-order valence-corrected chi connectivity index (χ0v) is 16.2. The minimum atomic E-state index is -4.47. The molecule has 1 aromatic carbocycles. The normalized spacial score (nSPS) is 13.8. The number of amides is 2. The van der Waals surface area contributed by atoms with Crippen LogP contribution in [0.3, 0.4) is 0 Å². The van der Waals surface area contributed by atoms with Gasteiger partial charge in [-0.1, -0.05) is 6.07 Å². The molecule has 0 aliphatic heterocycles. The van der Waals surface area contributed by atoms with Gasteiger partial charge in [0.2, 0.25) is 0 Å². The molecule has 0 atom stereocenters. The Bertz CT molecular complexity index is 863. The third-order valence-electron chi connectivity index (χ3n) is 4.61. The smallest absolute Gasteiger partial charge is 0.435 e. The molecule has 1 fully saturated rings. The van der Waals surface area contributed by atoms with E-state index in [0.29, 0.717) is 17.2 Å². The number of aromatic nitrogens is 2. The number of hydrogen-bond acceptors (Lipinski definition) is 4. The van der Waals surface area contributed by atoms with Crippen molar-refractivity contribution >= 4 is 6.03 Å². The fourth-order valence-electron chi connectivity index (χ4n) is 2.97. The minimum absolute atomic E-state index is 0.123. The minimum Gasteiger partial charge on any atom is -0.493 e. The van der Waals surface area contributed by atoms with Crippen LogP contribution in [0.4, 0.5) is 18.0 Å². The van der Waals surface area contributed by atoms with Gasteiger partial charge in [0.05, 0.1) is 20.8 Å². The fraction of sp³-hybridized carbons (Fsp3) is 0.474. The number of carbonyl (C=O) groups is 1. The molecule has 1 aromatic heterocycles. The van der Waals surface area contributed by atoms with E-state index in [-0.39, 0.29) is 25.6 Å². The van der Waals surface area contributed by atoms with Crippen molar-refractivity contribution in [3.8, 4) is 11.5 Å². The number of carbonyl (C=O) groups excluding carboxylic acids is 1. The Balaban J connectivity index is 1.50. The van der Waals surface area contributed by atoms with Crippen molar-refractivity contribution in [2.45, 2.75) is 38.0 Å². The number of alkyl halides is 3. The molecule has 1 heterocycles. The molecule has 7 nitrogen and oxygen atoms in total. The molecule has 0 bridgehead atoms. The van der Waals surface area contributed by atoms with Crippen molar-refractivity contribution in [2.75, 3.05) is 20.8 Å². The summed E-state index contributed by atoms with van der Waals surface area (Å²) >= 11 is 0. The van der Waals surface area contributed by atoms with Gasteiger partial charge in [-0.05, 0) is 36.6 Å². The van der Waals surface area contributed by atoms with Crippen LogP contribution in [0.25, 0.3) is 0 Å². The second kappa shape index (κ2) is 8.62. The number of hydrogen-bond donors (Lipinski definition) is 2. The highest BCUT2D eigenvalue weighted by molar-refractivity contribution is 5.73. The summed E-state index contributed by atoms with van der Waals surface area (Å²) in [6, 6.07) is 5.98. The number of nitrogens with zero attached hydrogens (tertiary/aromatic N) is 2. The lowest BCUT2D eigenvalue weighted by Crippen LogP contribution is -2.37. The topological polar surface area (TPSA) is 77.4 Å². The second-order valence-electron chi connectivity index (χ2n) is 6.75. The molecule has 1 saturated carbocycles. The molecule has 10 heteroatoms. The van der Waals surface area contributed by atoms with Crippen molar-refractivity contribution in [3.63, 3.8) is 0 Å². The molecule has 2 aromatic rings. The van der Waals surface area contributed by atoms with Gasteiger partial charge in [0.25, 0.3) is 0 Å². The summed E-state index contributed by atoms with van der Waals surface area (Å²) in [6.07, 6.45) is -2.75. The first-order chi connectivity index (χ1) is 13.8. The first-order valence-electron chi connectivity index (χ1n) is 9.19. The highest BCUT2D eigenvalue weighted by atomic mass is 19.4. The second-order valence-corrected chi connectivity index (χ2v) is 6.75. The maximum atomic E-state index is 12.9. The van der Waals surface area contributed by atoms with Crippen LogP contribution in [0.5, 0.6) is 11.5 Å². The van der Waals surface area contributed by atoms with Crippen LogP contribution in [0.1, 0.15) is 35.7 Å². The molecule has 0 unspecified atom stereocenters. The van der Waals surface area contributed by atoms with E-state index in [1.165, 1.54) is 18.9 Å². The summed E-state index contributed by atoms with van der Waals surface area (Å²) in [6.45, 7) is 0.599. The van der Waals surface area contributed by atoms with Crippen molar-refractivity contribution in [1.29, 1.82) is 0 Å². The van der Waals surface area contributed by atoms with Gasteiger partial charge in [-0.15, -0.1) is 0 Å². The van der Waals surface area contributed by atoms with Gasteiger partial charge in [-0.2, -0.15) is 18.3 Å². The number of urea groups is 1. The molecule has 0 radical (unpaired) electrons. The summed E-state index contributed by atoms with van der Waals surface area (Å²) in [5, 5.41) is 9.00. The van der Waals surface area contributed by atoms with Gasteiger partial charge in [0, 0.05) is 24.7 Å². The Morgan fingerprint density at radius 3 is 2.52 bits per heavy atom. The van der Waals surface area contributed by atoms with Crippen LogP contribution in [0.2, 0.25) is 0 Å². The monoisotopic (exact) mass is 412 g/mol. The van der Waals surface area contributed by atoms with Crippen LogP contribution >= 0.6 is 0 Å². The number of benzene rings is 1. The maximum Gasteiger partial charge on any atom is 0.435 e. The van der Waals surface area contributed by atoms with E-state index in [1.807, 2.05) is 0 Å². The summed E-state index contributed by atoms with van der Waals surface area (Å²) < 4.78 is 50.4. The third-order valence-corrected chi connectivity index (χ3v) is 4.61. The number of nitrogens with one attached hydrogen (secondary N) is 2. The van der Waals surface area contributed by atoms with Gasteiger partial charge in [0.15, 0.2) is 17.2 Å². The Kier molecular flexibility index (Phi) is 6.19. The van der Waals surface area contributed by atoms with Crippen molar-refractivity contribution in [2.24, 2.45) is 0 Å². The average molecular weight is 412 g/mol. The highest BCUT2D eigenvalue weighted by Gasteiger charge is 2.37. The predicted octanol–water partition coefficient (Wildman–Crippen LogP) is 3.30. The number of methoxy groups -OCH3 is 2. The van der Waals surface area contributed by atoms with Crippen LogP contribution in [0.15, 0.2) is 24.3 Å². The Morgan fingerprint density at radius 1 is 1.17 bits per heavy atom. The van der Waals surface area contributed by atoms with E-state index in [4.69, 9.17) is 9.47 Å². The molecule has 2 N–H and O–H groups in total. The van der Waals surface area contributed by atoms with Gasteiger partial charge in [-0.3, -0.25) is 4.68 Å². The molecule has 2 amide bonds. The molecule has 0 spiro atoms. The first-order valence-corrected chi connectivity index (χ1v) is 9.19. The zero-order chi connectivity index (χ0) is 21.0. The summed E-state index contributed by atoms with van der Waals surface area (Å²) in [4.78, 5) is 12.0. The van der Waals surface area contributed by atoms with Gasteiger partial charge in [-0.25, -0.2) is 4.79 Å². The lowest BCUT2D eigenvalue weighted by molar-refractivity contribution is -0.141. The van der Waals surface area contributed by atoms with Crippen LogP contribution in [-0.4, -0.2) is 36.6 Å². The van der Waals surface area contributed by atoms with Crippen LogP contribution in [0, 0.1) is 0 Å². The van der Waals surface area contributed by atoms with Crippen molar-refractivity contribution < 1.29 is 27.4 Å². The van der Waals surface area contributed by atoms with E-state index in [9.17, 15) is 18.0 Å². The van der Waals surface area contributed by atoms with E-state index >= 15 is 0 Å². The van der Waals surface area contributed by atoms with Crippen LogP contribution < -0.4 is 20.1 Å². The van der Waals surface area contributed by atoms with E-state index in [1.54, 1.807) is 18.2 Å². The SMILES string of the molecule is COc1ccc(CNC(=O)NCCn2nc(C(F)(F)F)cc2C2CC2)cc1OC. The lowest BCUT2D eigenvalue weighted by Gasteiger charge is -2.11. The summed E-state index contributed by atoms with van der Waals surface area (Å²) in [5.74, 6) is 1.26. The van der Waals surface area contributed by atoms with Gasteiger partial charge < -0.3 is 20.1 Å². The highest BCUT2D eigenvalue weighted by Crippen LogP contribution is 2.42. The maximum absolute atomic E-state index is 12.9. The third kappa shape index (κ3) is 5.33. The standard InChI is InChI=1S/C19H23F3N4O3/c1-28-15-6-3-12(9-16(15)29-2)11-24-18(27)23-7-8-26-14(13-4-5-13)10-17(25-26)19(20,21)22/h3,6,9-10,13H,4-5,7-8,11H2,1-2H3,(H2,23,24,27). The Hall–Kier alpha value is -2.91. The molecule has 0 saturated heterocycles.